The van der Waals surface area contributed by atoms with Gasteiger partial charge in [-0.3, -0.25) is 0 Å². The number of aryl methyl sites for hydroxylation is 2. The van der Waals surface area contributed by atoms with Crippen LogP contribution in [0.25, 0.3) is 0 Å². The van der Waals surface area contributed by atoms with E-state index in [2.05, 4.69) is 4.74 Å². The van der Waals surface area contributed by atoms with Crippen LogP contribution in [0.15, 0.2) is 35.6 Å². The first-order chi connectivity index (χ1) is 11.8. The minimum absolute atomic E-state index is 0.0364. The van der Waals surface area contributed by atoms with E-state index in [1.165, 1.54) is 13.0 Å². The minimum Gasteiger partial charge on any atom is -0.430 e. The van der Waals surface area contributed by atoms with Crippen LogP contribution in [0, 0.1) is 18.6 Å². The maximum Gasteiger partial charge on any atom is 0.398 e. The fourth-order valence-corrected chi connectivity index (χ4v) is 2.28. The van der Waals surface area contributed by atoms with Gasteiger partial charge in [-0.05, 0) is 37.5 Å². The molecule has 9 heteroatoms. The summed E-state index contributed by atoms with van der Waals surface area (Å²) in [6.07, 6.45) is -5.46. The first kappa shape index (κ1) is 20.3. The SMILES string of the molecule is CC1=CC=C(OC(F)(F)CCc2ccc(C)c(F)c2F)C(F)(F)C1(F)F. The second-order valence-corrected chi connectivity index (χ2v) is 5.94. The molecular formula is C17H14F8O. The van der Waals surface area contributed by atoms with Crippen LogP contribution in [0.2, 0.25) is 0 Å². The highest BCUT2D eigenvalue weighted by Crippen LogP contribution is 2.48. The average Bonchev–Trinajstić information content (AvgIpc) is 2.53. The lowest BCUT2D eigenvalue weighted by molar-refractivity contribution is -0.262. The quantitative estimate of drug-likeness (QED) is 0.570. The molecule has 0 aromatic heterocycles. The van der Waals surface area contributed by atoms with Gasteiger partial charge in [-0.15, -0.1) is 0 Å². The van der Waals surface area contributed by atoms with Gasteiger partial charge in [0.2, 0.25) is 0 Å². The lowest BCUT2D eigenvalue weighted by atomic mass is 9.96. The fraction of sp³-hybridized carbons (Fsp3) is 0.412. The molecule has 0 atom stereocenters. The van der Waals surface area contributed by atoms with E-state index >= 15 is 0 Å². The van der Waals surface area contributed by atoms with E-state index in [0.29, 0.717) is 12.2 Å². The fourth-order valence-electron chi connectivity index (χ4n) is 2.28. The van der Waals surface area contributed by atoms with Crippen LogP contribution in [0.3, 0.4) is 0 Å². The van der Waals surface area contributed by atoms with Crippen molar-refractivity contribution in [2.45, 2.75) is 44.6 Å². The summed E-state index contributed by atoms with van der Waals surface area (Å²) in [6.45, 7) is 2.00. The number of rotatable bonds is 5. The normalized spacial score (nSPS) is 19.0. The van der Waals surface area contributed by atoms with E-state index in [1.54, 1.807) is 0 Å². The molecule has 26 heavy (non-hydrogen) atoms. The van der Waals surface area contributed by atoms with Crippen LogP contribution in [0.5, 0.6) is 0 Å². The summed E-state index contributed by atoms with van der Waals surface area (Å²) >= 11 is 0. The number of ether oxygens (including phenoxy) is 1. The van der Waals surface area contributed by atoms with Crippen LogP contribution in [-0.2, 0) is 11.2 Å². The molecule has 2 rings (SSSR count). The van der Waals surface area contributed by atoms with Gasteiger partial charge in [-0.25, -0.2) is 8.78 Å². The Morgan fingerprint density at radius 1 is 0.923 bits per heavy atom. The van der Waals surface area contributed by atoms with Crippen LogP contribution in [-0.4, -0.2) is 18.0 Å². The van der Waals surface area contributed by atoms with Gasteiger partial charge in [0.1, 0.15) is 0 Å². The molecule has 0 N–H and O–H groups in total. The molecule has 0 heterocycles. The second-order valence-electron chi connectivity index (χ2n) is 5.94. The van der Waals surface area contributed by atoms with Crippen LogP contribution < -0.4 is 0 Å². The average molecular weight is 386 g/mol. The summed E-state index contributed by atoms with van der Waals surface area (Å²) in [5.41, 5.74) is -1.46. The molecule has 1 aromatic carbocycles. The maximum absolute atomic E-state index is 13.8. The van der Waals surface area contributed by atoms with E-state index in [1.807, 2.05) is 0 Å². The van der Waals surface area contributed by atoms with E-state index in [4.69, 9.17) is 0 Å². The third-order valence-corrected chi connectivity index (χ3v) is 3.98. The van der Waals surface area contributed by atoms with E-state index in [0.717, 1.165) is 13.0 Å². The summed E-state index contributed by atoms with van der Waals surface area (Å²) in [7, 11) is 0. The zero-order valence-corrected chi connectivity index (χ0v) is 13.7. The Labute approximate surface area is 143 Å². The standard InChI is InChI=1S/C17H14F8O/c1-9-3-5-11(14(19)13(9)18)7-8-15(20,21)26-12-6-4-10(2)16(22,23)17(12,24)25/h3-6H,7-8H2,1-2H3. The van der Waals surface area contributed by atoms with Crippen molar-refractivity contribution in [2.24, 2.45) is 0 Å². The van der Waals surface area contributed by atoms with Gasteiger partial charge in [-0.2, -0.15) is 26.3 Å². The maximum atomic E-state index is 13.8. The molecule has 0 saturated carbocycles. The van der Waals surface area contributed by atoms with Crippen molar-refractivity contribution in [3.8, 4) is 0 Å². The van der Waals surface area contributed by atoms with Crippen molar-refractivity contribution >= 4 is 0 Å². The Kier molecular flexibility index (Phi) is 5.13. The predicted molar refractivity (Wildman–Crippen MR) is 77.2 cm³/mol. The predicted octanol–water partition coefficient (Wildman–Crippen LogP) is 5.93. The number of benzene rings is 1. The van der Waals surface area contributed by atoms with Crippen molar-refractivity contribution in [3.05, 3.63) is 58.4 Å². The number of halogens is 8. The van der Waals surface area contributed by atoms with Gasteiger partial charge in [0, 0.05) is 5.57 Å². The van der Waals surface area contributed by atoms with Gasteiger partial charge in [0.15, 0.2) is 17.4 Å². The molecule has 0 unspecified atom stereocenters. The van der Waals surface area contributed by atoms with E-state index < -0.39 is 59.3 Å². The Morgan fingerprint density at radius 2 is 1.54 bits per heavy atom. The zero-order valence-electron chi connectivity index (χ0n) is 13.7. The first-order valence-electron chi connectivity index (χ1n) is 7.45. The molecule has 1 aromatic rings. The molecular weight excluding hydrogens is 372 g/mol. The number of hydrogen-bond acceptors (Lipinski definition) is 1. The van der Waals surface area contributed by atoms with Crippen molar-refractivity contribution < 1.29 is 39.9 Å². The summed E-state index contributed by atoms with van der Waals surface area (Å²) < 4.78 is 113. The van der Waals surface area contributed by atoms with Crippen molar-refractivity contribution in [1.82, 2.24) is 0 Å². The summed E-state index contributed by atoms with van der Waals surface area (Å²) in [5, 5.41) is 0. The lowest BCUT2D eigenvalue weighted by Gasteiger charge is -2.33. The Bertz CT molecular complexity index is 764. The van der Waals surface area contributed by atoms with Gasteiger partial charge in [0.05, 0.1) is 6.42 Å². The van der Waals surface area contributed by atoms with E-state index in [9.17, 15) is 35.1 Å². The van der Waals surface area contributed by atoms with Crippen LogP contribution >= 0.6 is 0 Å². The summed E-state index contributed by atoms with van der Waals surface area (Å²) in [6, 6.07) is 2.23. The molecule has 0 radical (unpaired) electrons. The van der Waals surface area contributed by atoms with Gasteiger partial charge in [-0.1, -0.05) is 18.2 Å². The molecule has 0 bridgehead atoms. The van der Waals surface area contributed by atoms with Gasteiger partial charge >= 0.3 is 18.0 Å². The largest absolute Gasteiger partial charge is 0.430 e. The molecule has 0 saturated heterocycles. The highest BCUT2D eigenvalue weighted by atomic mass is 19.3. The monoisotopic (exact) mass is 386 g/mol. The van der Waals surface area contributed by atoms with Gasteiger partial charge in [0.25, 0.3) is 0 Å². The lowest BCUT2D eigenvalue weighted by Crippen LogP contribution is -2.46. The van der Waals surface area contributed by atoms with Crippen molar-refractivity contribution in [1.29, 1.82) is 0 Å². The molecule has 144 valence electrons. The number of hydrogen-bond donors (Lipinski definition) is 0. The molecule has 0 amide bonds. The van der Waals surface area contributed by atoms with Crippen LogP contribution in [0.4, 0.5) is 35.1 Å². The highest BCUT2D eigenvalue weighted by molar-refractivity contribution is 5.34. The Morgan fingerprint density at radius 3 is 2.15 bits per heavy atom. The summed E-state index contributed by atoms with van der Waals surface area (Å²) in [5.74, 6) is -14.1. The molecule has 0 spiro atoms. The van der Waals surface area contributed by atoms with E-state index in [-0.39, 0.29) is 5.56 Å². The highest BCUT2D eigenvalue weighted by Gasteiger charge is 2.63. The Hall–Kier alpha value is -2.06. The molecule has 1 aliphatic rings. The van der Waals surface area contributed by atoms with Gasteiger partial charge < -0.3 is 4.74 Å². The Balaban J connectivity index is 2.16. The molecule has 0 aliphatic heterocycles. The number of allylic oxidation sites excluding steroid dienone is 4. The molecule has 0 fully saturated rings. The third-order valence-electron chi connectivity index (χ3n) is 3.98. The zero-order chi connectivity index (χ0) is 19.9. The second kappa shape index (κ2) is 6.59. The molecule has 1 aliphatic carbocycles. The van der Waals surface area contributed by atoms with Crippen LogP contribution in [0.1, 0.15) is 24.5 Å². The third kappa shape index (κ3) is 3.57. The number of alkyl halides is 6. The van der Waals surface area contributed by atoms with Crippen molar-refractivity contribution in [2.75, 3.05) is 0 Å². The molecule has 1 nitrogen and oxygen atoms in total. The summed E-state index contributed by atoms with van der Waals surface area (Å²) in [4.78, 5) is 0. The minimum atomic E-state index is -4.96. The smallest absolute Gasteiger partial charge is 0.398 e. The first-order valence-corrected chi connectivity index (χ1v) is 7.45. The van der Waals surface area contributed by atoms with Crippen molar-refractivity contribution in [3.63, 3.8) is 0 Å². The topological polar surface area (TPSA) is 9.23 Å².